The fraction of sp³-hybridized carbons (Fsp3) is 0.429. The average molecular weight is 277 g/mol. The van der Waals surface area contributed by atoms with Crippen LogP contribution < -0.4 is 5.32 Å². The van der Waals surface area contributed by atoms with E-state index in [2.05, 4.69) is 10.4 Å². The van der Waals surface area contributed by atoms with Crippen molar-refractivity contribution < 1.29 is 14.3 Å². The summed E-state index contributed by atoms with van der Waals surface area (Å²) in [6, 6.07) is 5.19. The molecule has 0 bridgehead atoms. The normalized spacial score (nSPS) is 13.9. The number of hydrogen-bond acceptors (Lipinski definition) is 4. The first-order valence-electron chi connectivity index (χ1n) is 6.57. The summed E-state index contributed by atoms with van der Waals surface area (Å²) in [6.07, 6.45) is 4.07. The smallest absolute Gasteiger partial charge is 0.287 e. The molecule has 0 fully saturated rings. The Morgan fingerprint density at radius 2 is 2.35 bits per heavy atom. The van der Waals surface area contributed by atoms with Crippen molar-refractivity contribution >= 4 is 5.91 Å². The third kappa shape index (κ3) is 3.71. The number of aromatic nitrogens is 2. The molecule has 2 heterocycles. The van der Waals surface area contributed by atoms with Gasteiger partial charge in [0.25, 0.3) is 5.91 Å². The number of carbonyl (C=O) groups excluding carboxylic acids is 1. The lowest BCUT2D eigenvalue weighted by atomic mass is 10.0. The molecule has 2 rings (SSSR count). The van der Waals surface area contributed by atoms with Crippen LogP contribution in [-0.2, 0) is 6.54 Å². The third-order valence-electron chi connectivity index (χ3n) is 3.15. The van der Waals surface area contributed by atoms with Crippen LogP contribution in [0.1, 0.15) is 36.6 Å². The van der Waals surface area contributed by atoms with Gasteiger partial charge in [0.1, 0.15) is 5.76 Å². The summed E-state index contributed by atoms with van der Waals surface area (Å²) in [5.41, 5.74) is -0.903. The molecular formula is C14H19N3O3. The van der Waals surface area contributed by atoms with Crippen molar-refractivity contribution in [3.63, 3.8) is 0 Å². The van der Waals surface area contributed by atoms with Gasteiger partial charge in [0.15, 0.2) is 5.76 Å². The molecule has 0 aliphatic rings. The zero-order chi connectivity index (χ0) is 14.6. The maximum atomic E-state index is 11.9. The van der Waals surface area contributed by atoms with Gasteiger partial charge in [-0.2, -0.15) is 5.10 Å². The zero-order valence-electron chi connectivity index (χ0n) is 11.7. The van der Waals surface area contributed by atoms with Gasteiger partial charge in [-0.1, -0.05) is 6.92 Å². The summed E-state index contributed by atoms with van der Waals surface area (Å²) in [6.45, 7) is 4.21. The van der Waals surface area contributed by atoms with E-state index in [1.54, 1.807) is 29.9 Å². The van der Waals surface area contributed by atoms with E-state index < -0.39 is 5.60 Å². The molecule has 0 aromatic carbocycles. The second-order valence-corrected chi connectivity index (χ2v) is 5.00. The van der Waals surface area contributed by atoms with Gasteiger partial charge >= 0.3 is 0 Å². The minimum absolute atomic E-state index is 0.192. The standard InChI is InChI=1S/C14H19N3O3/c1-3-14(2,19)10-15-13(18)12-6-5-11(20-12)9-17-8-4-7-16-17/h4-8,19H,3,9-10H2,1-2H3,(H,15,18). The van der Waals surface area contributed by atoms with E-state index in [0.29, 0.717) is 18.7 Å². The SMILES string of the molecule is CCC(C)(O)CNC(=O)c1ccc(Cn2cccn2)o1. The Kier molecular flexibility index (Phi) is 4.24. The Labute approximate surface area is 117 Å². The lowest BCUT2D eigenvalue weighted by molar-refractivity contribution is 0.0510. The first-order valence-corrected chi connectivity index (χ1v) is 6.57. The molecule has 0 spiro atoms. The minimum atomic E-state index is -0.903. The fourth-order valence-corrected chi connectivity index (χ4v) is 1.62. The molecule has 0 saturated heterocycles. The maximum absolute atomic E-state index is 11.9. The van der Waals surface area contributed by atoms with Gasteiger partial charge in [-0.05, 0) is 31.5 Å². The van der Waals surface area contributed by atoms with E-state index in [1.165, 1.54) is 0 Å². The predicted molar refractivity (Wildman–Crippen MR) is 73.3 cm³/mol. The molecular weight excluding hydrogens is 258 g/mol. The van der Waals surface area contributed by atoms with Gasteiger partial charge in [0.2, 0.25) is 0 Å². The molecule has 0 aliphatic carbocycles. The molecule has 0 saturated carbocycles. The highest BCUT2D eigenvalue weighted by molar-refractivity contribution is 5.91. The second kappa shape index (κ2) is 5.92. The van der Waals surface area contributed by atoms with Gasteiger partial charge in [0, 0.05) is 18.9 Å². The Hall–Kier alpha value is -2.08. The summed E-state index contributed by atoms with van der Waals surface area (Å²) in [4.78, 5) is 11.9. The van der Waals surface area contributed by atoms with Gasteiger partial charge in [-0.15, -0.1) is 0 Å². The summed E-state index contributed by atoms with van der Waals surface area (Å²) < 4.78 is 7.17. The summed E-state index contributed by atoms with van der Waals surface area (Å²) >= 11 is 0. The van der Waals surface area contributed by atoms with Crippen LogP contribution in [0.3, 0.4) is 0 Å². The molecule has 6 nitrogen and oxygen atoms in total. The number of aliphatic hydroxyl groups is 1. The first-order chi connectivity index (χ1) is 9.50. The first kappa shape index (κ1) is 14.3. The zero-order valence-corrected chi connectivity index (χ0v) is 11.7. The van der Waals surface area contributed by atoms with Crippen molar-refractivity contribution in [1.82, 2.24) is 15.1 Å². The van der Waals surface area contributed by atoms with E-state index in [-0.39, 0.29) is 18.2 Å². The highest BCUT2D eigenvalue weighted by Gasteiger charge is 2.20. The van der Waals surface area contributed by atoms with Crippen LogP contribution in [-0.4, -0.2) is 32.9 Å². The van der Waals surface area contributed by atoms with Crippen molar-refractivity contribution in [2.45, 2.75) is 32.4 Å². The van der Waals surface area contributed by atoms with Crippen molar-refractivity contribution in [3.05, 3.63) is 42.1 Å². The molecule has 1 amide bonds. The Morgan fingerprint density at radius 1 is 1.55 bits per heavy atom. The molecule has 0 aliphatic heterocycles. The molecule has 6 heteroatoms. The molecule has 2 N–H and O–H groups in total. The second-order valence-electron chi connectivity index (χ2n) is 5.00. The van der Waals surface area contributed by atoms with Gasteiger partial charge in [-0.3, -0.25) is 9.48 Å². The monoisotopic (exact) mass is 277 g/mol. The van der Waals surface area contributed by atoms with E-state index in [0.717, 1.165) is 0 Å². The highest BCUT2D eigenvalue weighted by Crippen LogP contribution is 2.11. The summed E-state index contributed by atoms with van der Waals surface area (Å²) in [7, 11) is 0. The lowest BCUT2D eigenvalue weighted by Gasteiger charge is -2.21. The van der Waals surface area contributed by atoms with Crippen molar-refractivity contribution in [1.29, 1.82) is 0 Å². The van der Waals surface area contributed by atoms with E-state index in [4.69, 9.17) is 4.42 Å². The Bertz CT molecular complexity index is 558. The van der Waals surface area contributed by atoms with Crippen molar-refractivity contribution in [2.75, 3.05) is 6.54 Å². The van der Waals surface area contributed by atoms with Crippen LogP contribution in [0.2, 0.25) is 0 Å². The molecule has 1 atom stereocenters. The van der Waals surface area contributed by atoms with Crippen LogP contribution in [0.4, 0.5) is 0 Å². The van der Waals surface area contributed by atoms with Crippen LogP contribution in [0, 0.1) is 0 Å². The number of furan rings is 1. The average Bonchev–Trinajstić information content (AvgIpc) is 3.08. The lowest BCUT2D eigenvalue weighted by Crippen LogP contribution is -2.39. The van der Waals surface area contributed by atoms with Crippen LogP contribution >= 0.6 is 0 Å². The van der Waals surface area contributed by atoms with Crippen LogP contribution in [0.15, 0.2) is 35.0 Å². The minimum Gasteiger partial charge on any atom is -0.454 e. The molecule has 0 radical (unpaired) electrons. The number of carbonyl (C=O) groups is 1. The Morgan fingerprint density at radius 3 is 3.00 bits per heavy atom. The fourth-order valence-electron chi connectivity index (χ4n) is 1.62. The largest absolute Gasteiger partial charge is 0.454 e. The highest BCUT2D eigenvalue weighted by atomic mass is 16.4. The third-order valence-corrected chi connectivity index (χ3v) is 3.15. The maximum Gasteiger partial charge on any atom is 0.287 e. The number of rotatable bonds is 6. The molecule has 2 aromatic heterocycles. The van der Waals surface area contributed by atoms with E-state index >= 15 is 0 Å². The molecule has 1 unspecified atom stereocenters. The van der Waals surface area contributed by atoms with Gasteiger partial charge < -0.3 is 14.8 Å². The molecule has 108 valence electrons. The predicted octanol–water partition coefficient (Wildman–Crippen LogP) is 1.42. The number of nitrogens with one attached hydrogen (secondary N) is 1. The van der Waals surface area contributed by atoms with Gasteiger partial charge in [0.05, 0.1) is 12.1 Å². The van der Waals surface area contributed by atoms with Crippen LogP contribution in [0.5, 0.6) is 0 Å². The van der Waals surface area contributed by atoms with E-state index in [1.807, 2.05) is 19.2 Å². The van der Waals surface area contributed by atoms with E-state index in [9.17, 15) is 9.90 Å². The summed E-state index contributed by atoms with van der Waals surface area (Å²) in [5.74, 6) is 0.561. The van der Waals surface area contributed by atoms with Crippen molar-refractivity contribution in [3.8, 4) is 0 Å². The van der Waals surface area contributed by atoms with Crippen molar-refractivity contribution in [2.24, 2.45) is 0 Å². The number of nitrogens with zero attached hydrogens (tertiary/aromatic N) is 2. The number of hydrogen-bond donors (Lipinski definition) is 2. The van der Waals surface area contributed by atoms with Crippen LogP contribution in [0.25, 0.3) is 0 Å². The summed E-state index contributed by atoms with van der Waals surface area (Å²) in [5, 5.41) is 16.6. The Balaban J connectivity index is 1.93. The molecule has 2 aromatic rings. The number of amides is 1. The van der Waals surface area contributed by atoms with Gasteiger partial charge in [-0.25, -0.2) is 0 Å². The quantitative estimate of drug-likeness (QED) is 0.836. The molecule has 20 heavy (non-hydrogen) atoms. The topological polar surface area (TPSA) is 80.3 Å².